The van der Waals surface area contributed by atoms with E-state index < -0.39 is 45.6 Å². The van der Waals surface area contributed by atoms with E-state index in [4.69, 9.17) is 5.73 Å². The first-order valence-corrected chi connectivity index (χ1v) is 9.23. The molecule has 3 heterocycles. The summed E-state index contributed by atoms with van der Waals surface area (Å²) < 4.78 is 43.0. The quantitative estimate of drug-likeness (QED) is 0.578. The number of primary amides is 1. The van der Waals surface area contributed by atoms with Crippen LogP contribution >= 0.6 is 0 Å². The third kappa shape index (κ3) is 5.00. The fourth-order valence-electron chi connectivity index (χ4n) is 2.98. The summed E-state index contributed by atoms with van der Waals surface area (Å²) in [5.74, 6) is -2.62. The molecule has 0 fully saturated rings. The van der Waals surface area contributed by atoms with E-state index in [0.29, 0.717) is 18.5 Å². The molecule has 0 spiro atoms. The van der Waals surface area contributed by atoms with Gasteiger partial charge in [0.05, 0.1) is 28.1 Å². The van der Waals surface area contributed by atoms with Crippen molar-refractivity contribution in [3.8, 4) is 0 Å². The molecule has 3 N–H and O–H groups in total. The van der Waals surface area contributed by atoms with E-state index in [1.807, 2.05) is 0 Å². The number of hydrogen-bond donors (Lipinski definition) is 2. The highest BCUT2D eigenvalue weighted by atomic mass is 19.4. The standard InChI is InChI=1S/C20H20F3N5O3/c1-19(2,31)7-6-12-9-13-10-16(14(17(24)29)11-27(13)26-12)28(20(21,22)23)18(30)15-5-3-4-8-25-15/h3-5,8-11,31H,6-7H2,1-2H3,(H2,24,29). The molecular weight excluding hydrogens is 415 g/mol. The molecule has 0 aromatic carbocycles. The number of carbonyl (C=O) groups is 2. The second kappa shape index (κ2) is 7.99. The highest BCUT2D eigenvalue weighted by Gasteiger charge is 2.44. The second-order valence-electron chi connectivity index (χ2n) is 7.58. The fourth-order valence-corrected chi connectivity index (χ4v) is 2.98. The van der Waals surface area contributed by atoms with E-state index in [9.17, 15) is 27.9 Å². The zero-order valence-electron chi connectivity index (χ0n) is 16.7. The van der Waals surface area contributed by atoms with Crippen LogP contribution in [0.15, 0.2) is 42.7 Å². The van der Waals surface area contributed by atoms with Gasteiger partial charge in [-0.1, -0.05) is 6.07 Å². The van der Waals surface area contributed by atoms with Gasteiger partial charge in [-0.2, -0.15) is 5.10 Å². The summed E-state index contributed by atoms with van der Waals surface area (Å²) in [5, 5.41) is 14.1. The molecule has 164 valence electrons. The Morgan fingerprint density at radius 1 is 1.23 bits per heavy atom. The maximum absolute atomic E-state index is 13.9. The van der Waals surface area contributed by atoms with Crippen molar-refractivity contribution in [2.45, 2.75) is 38.6 Å². The number of aryl methyl sites for hydroxylation is 1. The second-order valence-corrected chi connectivity index (χ2v) is 7.58. The van der Waals surface area contributed by atoms with Gasteiger partial charge in [-0.15, -0.1) is 13.2 Å². The lowest BCUT2D eigenvalue weighted by Crippen LogP contribution is -2.44. The van der Waals surface area contributed by atoms with Crippen molar-refractivity contribution in [1.82, 2.24) is 14.6 Å². The number of nitrogens with zero attached hydrogens (tertiary/aromatic N) is 4. The summed E-state index contributed by atoms with van der Waals surface area (Å²) in [4.78, 5) is 27.8. The molecule has 8 nitrogen and oxygen atoms in total. The maximum Gasteiger partial charge on any atom is 0.491 e. The molecule has 0 aliphatic carbocycles. The Kier molecular flexibility index (Phi) is 5.72. The van der Waals surface area contributed by atoms with Gasteiger partial charge in [-0.3, -0.25) is 14.6 Å². The minimum atomic E-state index is -5.15. The van der Waals surface area contributed by atoms with Gasteiger partial charge in [-0.05, 0) is 51.0 Å². The zero-order valence-corrected chi connectivity index (χ0v) is 16.7. The summed E-state index contributed by atoms with van der Waals surface area (Å²) in [6, 6.07) is 6.50. The van der Waals surface area contributed by atoms with Crippen LogP contribution in [0.3, 0.4) is 0 Å². The van der Waals surface area contributed by atoms with E-state index in [-0.39, 0.29) is 5.52 Å². The largest absolute Gasteiger partial charge is 0.491 e. The Bertz CT molecular complexity index is 1120. The summed E-state index contributed by atoms with van der Waals surface area (Å²) in [6.45, 7) is 3.24. The Balaban J connectivity index is 2.13. The maximum atomic E-state index is 13.9. The van der Waals surface area contributed by atoms with Crippen LogP contribution in [0.5, 0.6) is 0 Å². The lowest BCUT2D eigenvalue weighted by Gasteiger charge is -2.26. The molecule has 0 unspecified atom stereocenters. The van der Waals surface area contributed by atoms with Crippen LogP contribution in [0.4, 0.5) is 18.9 Å². The van der Waals surface area contributed by atoms with Crippen molar-refractivity contribution in [1.29, 1.82) is 0 Å². The number of pyridine rings is 2. The molecule has 0 radical (unpaired) electrons. The van der Waals surface area contributed by atoms with Crippen LogP contribution in [-0.2, 0) is 6.42 Å². The summed E-state index contributed by atoms with van der Waals surface area (Å²) in [7, 11) is 0. The van der Waals surface area contributed by atoms with E-state index in [1.165, 1.54) is 28.9 Å². The van der Waals surface area contributed by atoms with Gasteiger partial charge in [0, 0.05) is 12.4 Å². The number of fused-ring (bicyclic) bond motifs is 1. The van der Waals surface area contributed by atoms with Crippen molar-refractivity contribution in [3.05, 3.63) is 59.7 Å². The van der Waals surface area contributed by atoms with Crippen molar-refractivity contribution >= 4 is 23.0 Å². The molecule has 11 heteroatoms. The number of halogens is 3. The first-order valence-electron chi connectivity index (χ1n) is 9.23. The van der Waals surface area contributed by atoms with Crippen LogP contribution in [0.25, 0.3) is 5.52 Å². The van der Waals surface area contributed by atoms with Crippen LogP contribution in [0, 0.1) is 0 Å². The topological polar surface area (TPSA) is 114 Å². The molecule has 0 aliphatic heterocycles. The molecule has 0 aliphatic rings. The zero-order chi connectivity index (χ0) is 23.0. The molecule has 0 saturated carbocycles. The fraction of sp³-hybridized carbons (Fsp3) is 0.300. The average molecular weight is 435 g/mol. The number of aromatic nitrogens is 3. The Hall–Kier alpha value is -3.47. The van der Waals surface area contributed by atoms with E-state index >= 15 is 0 Å². The van der Waals surface area contributed by atoms with E-state index in [2.05, 4.69) is 10.1 Å². The lowest BCUT2D eigenvalue weighted by molar-refractivity contribution is -0.122. The van der Waals surface area contributed by atoms with E-state index in [1.54, 1.807) is 13.8 Å². The molecule has 3 aromatic heterocycles. The molecule has 0 saturated heterocycles. The molecule has 0 atom stereocenters. The molecule has 0 bridgehead atoms. The van der Waals surface area contributed by atoms with Crippen molar-refractivity contribution in [2.75, 3.05) is 4.90 Å². The minimum absolute atomic E-state index is 0.216. The van der Waals surface area contributed by atoms with Crippen molar-refractivity contribution in [3.63, 3.8) is 0 Å². The summed E-state index contributed by atoms with van der Waals surface area (Å²) in [5.41, 5.74) is 3.35. The molecule has 3 aromatic rings. The average Bonchev–Trinajstić information content (AvgIpc) is 3.07. The SMILES string of the molecule is CC(C)(O)CCc1cc2cc(N(C(=O)c3ccccn3)C(F)(F)F)c(C(N)=O)cn2n1. The number of rotatable bonds is 6. The number of aliphatic hydroxyl groups is 1. The Morgan fingerprint density at radius 3 is 2.48 bits per heavy atom. The predicted octanol–water partition coefficient (Wildman–Crippen LogP) is 2.70. The minimum Gasteiger partial charge on any atom is -0.390 e. The first-order chi connectivity index (χ1) is 14.4. The number of alkyl halides is 3. The monoisotopic (exact) mass is 435 g/mol. The molecule has 3 rings (SSSR count). The smallest absolute Gasteiger partial charge is 0.390 e. The van der Waals surface area contributed by atoms with Crippen LogP contribution < -0.4 is 10.6 Å². The third-order valence-corrected chi connectivity index (χ3v) is 4.47. The van der Waals surface area contributed by atoms with Gasteiger partial charge in [0.1, 0.15) is 5.69 Å². The van der Waals surface area contributed by atoms with E-state index in [0.717, 1.165) is 18.3 Å². The number of nitrogens with two attached hydrogens (primary N) is 1. The molecule has 2 amide bonds. The first kappa shape index (κ1) is 22.2. The highest BCUT2D eigenvalue weighted by molar-refractivity contribution is 6.10. The van der Waals surface area contributed by atoms with Crippen molar-refractivity contribution < 1.29 is 27.9 Å². The summed E-state index contributed by atoms with van der Waals surface area (Å²) >= 11 is 0. The van der Waals surface area contributed by atoms with Gasteiger partial charge in [0.15, 0.2) is 0 Å². The van der Waals surface area contributed by atoms with Gasteiger partial charge >= 0.3 is 6.30 Å². The number of anilines is 1. The van der Waals surface area contributed by atoms with Crippen LogP contribution in [-0.4, -0.2) is 43.4 Å². The third-order valence-electron chi connectivity index (χ3n) is 4.47. The summed E-state index contributed by atoms with van der Waals surface area (Å²) in [6.07, 6.45) is -2.21. The van der Waals surface area contributed by atoms with Gasteiger partial charge in [0.2, 0.25) is 0 Å². The van der Waals surface area contributed by atoms with Crippen LogP contribution in [0.2, 0.25) is 0 Å². The number of hydrogen-bond acceptors (Lipinski definition) is 5. The molecular formula is C20H20F3N5O3. The van der Waals surface area contributed by atoms with Gasteiger partial charge < -0.3 is 10.8 Å². The Morgan fingerprint density at radius 2 is 1.94 bits per heavy atom. The predicted molar refractivity (Wildman–Crippen MR) is 105 cm³/mol. The number of amides is 2. The van der Waals surface area contributed by atoms with Gasteiger partial charge in [0.25, 0.3) is 11.8 Å². The number of carbonyl (C=O) groups excluding carboxylic acids is 2. The van der Waals surface area contributed by atoms with Crippen molar-refractivity contribution in [2.24, 2.45) is 5.73 Å². The molecule has 31 heavy (non-hydrogen) atoms. The van der Waals surface area contributed by atoms with Gasteiger partial charge in [-0.25, -0.2) is 9.42 Å². The van der Waals surface area contributed by atoms with Crippen LogP contribution in [0.1, 0.15) is 46.8 Å². The normalized spacial score (nSPS) is 12.2. The Labute approximate surface area is 175 Å². The lowest BCUT2D eigenvalue weighted by atomic mass is 10.0. The highest BCUT2D eigenvalue weighted by Crippen LogP contribution is 2.34.